The van der Waals surface area contributed by atoms with Crippen LogP contribution in [0.25, 0.3) is 0 Å². The molecule has 1 saturated carbocycles. The Bertz CT molecular complexity index is 348. The van der Waals surface area contributed by atoms with Gasteiger partial charge in [0.15, 0.2) is 0 Å². The van der Waals surface area contributed by atoms with E-state index in [1.165, 1.54) is 0 Å². The number of hydrogen-bond donors (Lipinski definition) is 2. The molecule has 96 valence electrons. The molecule has 3 unspecified atom stereocenters. The van der Waals surface area contributed by atoms with Crippen molar-refractivity contribution in [3.05, 3.63) is 12.7 Å². The summed E-state index contributed by atoms with van der Waals surface area (Å²) in [7, 11) is 0. The first-order chi connectivity index (χ1) is 7.86. The van der Waals surface area contributed by atoms with E-state index in [0.717, 1.165) is 13.1 Å². The molecule has 1 heterocycles. The van der Waals surface area contributed by atoms with Crippen molar-refractivity contribution >= 4 is 6.09 Å². The van der Waals surface area contributed by atoms with Gasteiger partial charge in [-0.3, -0.25) is 0 Å². The maximum atomic E-state index is 11.3. The summed E-state index contributed by atoms with van der Waals surface area (Å²) in [5.74, 6) is 0.457. The second-order valence-corrected chi connectivity index (χ2v) is 6.20. The molecule has 2 rings (SSSR count). The Morgan fingerprint density at radius 2 is 2.29 bits per heavy atom. The third-order valence-corrected chi connectivity index (χ3v) is 4.55. The van der Waals surface area contributed by atoms with Crippen molar-refractivity contribution in [1.29, 1.82) is 0 Å². The molecule has 4 heteroatoms. The van der Waals surface area contributed by atoms with E-state index in [9.17, 15) is 9.90 Å². The van der Waals surface area contributed by atoms with Gasteiger partial charge in [-0.2, -0.15) is 0 Å². The lowest BCUT2D eigenvalue weighted by atomic mass is 9.76. The summed E-state index contributed by atoms with van der Waals surface area (Å²) in [4.78, 5) is 12.9. The predicted molar refractivity (Wildman–Crippen MR) is 67.0 cm³/mol. The van der Waals surface area contributed by atoms with Crippen molar-refractivity contribution in [3.8, 4) is 0 Å². The zero-order valence-electron chi connectivity index (χ0n) is 10.9. The summed E-state index contributed by atoms with van der Waals surface area (Å²) in [5.41, 5.74) is 0.231. The summed E-state index contributed by atoms with van der Waals surface area (Å²) in [6, 6.07) is 0.152. The molecule has 3 atom stereocenters. The molecule has 1 aliphatic heterocycles. The van der Waals surface area contributed by atoms with E-state index in [4.69, 9.17) is 0 Å². The summed E-state index contributed by atoms with van der Waals surface area (Å²) < 4.78 is 0. The normalized spacial score (nSPS) is 35.2. The molecule has 0 aromatic carbocycles. The summed E-state index contributed by atoms with van der Waals surface area (Å²) in [5, 5.41) is 12.7. The zero-order chi connectivity index (χ0) is 12.8. The van der Waals surface area contributed by atoms with Gasteiger partial charge in [-0.25, -0.2) is 4.79 Å². The molecular weight excluding hydrogens is 216 g/mol. The van der Waals surface area contributed by atoms with Crippen LogP contribution >= 0.6 is 0 Å². The largest absolute Gasteiger partial charge is 0.465 e. The molecular formula is C13H22N2O2. The molecule has 2 N–H and O–H groups in total. The third kappa shape index (κ3) is 1.58. The van der Waals surface area contributed by atoms with Gasteiger partial charge in [0.05, 0.1) is 0 Å². The highest BCUT2D eigenvalue weighted by Crippen LogP contribution is 2.66. The number of carboxylic acid groups (broad SMARTS) is 1. The van der Waals surface area contributed by atoms with Crippen LogP contribution in [0.15, 0.2) is 12.7 Å². The van der Waals surface area contributed by atoms with Crippen molar-refractivity contribution in [2.24, 2.45) is 16.7 Å². The Morgan fingerprint density at radius 3 is 2.71 bits per heavy atom. The lowest BCUT2D eigenvalue weighted by molar-refractivity contribution is 0.119. The maximum absolute atomic E-state index is 11.3. The van der Waals surface area contributed by atoms with Crippen LogP contribution in [-0.4, -0.2) is 41.8 Å². The van der Waals surface area contributed by atoms with Gasteiger partial charge in [-0.05, 0) is 5.41 Å². The van der Waals surface area contributed by atoms with Gasteiger partial charge in [0.2, 0.25) is 0 Å². The Labute approximate surface area is 103 Å². The summed E-state index contributed by atoms with van der Waals surface area (Å²) in [6.07, 6.45) is 0.847. The Morgan fingerprint density at radius 1 is 1.65 bits per heavy atom. The smallest absolute Gasteiger partial charge is 0.407 e. The number of nitrogens with one attached hydrogen (secondary N) is 1. The van der Waals surface area contributed by atoms with E-state index in [1.807, 2.05) is 0 Å². The second kappa shape index (κ2) is 3.73. The van der Waals surface area contributed by atoms with Crippen molar-refractivity contribution in [3.63, 3.8) is 0 Å². The molecule has 4 nitrogen and oxygen atoms in total. The first-order valence-electron chi connectivity index (χ1n) is 6.17. The van der Waals surface area contributed by atoms with Crippen LogP contribution in [-0.2, 0) is 0 Å². The zero-order valence-corrected chi connectivity index (χ0v) is 10.9. The number of carbonyl (C=O) groups is 1. The fraction of sp³-hybridized carbons (Fsp3) is 0.769. The van der Waals surface area contributed by atoms with Crippen molar-refractivity contribution in [1.82, 2.24) is 10.2 Å². The number of piperidine rings is 1. The minimum absolute atomic E-state index is 0.106. The molecule has 2 aliphatic rings. The first-order valence-corrected chi connectivity index (χ1v) is 6.17. The highest BCUT2D eigenvalue weighted by atomic mass is 16.4. The molecule has 2 fully saturated rings. The fourth-order valence-electron chi connectivity index (χ4n) is 3.67. The molecule has 0 aromatic rings. The Balaban J connectivity index is 2.24. The van der Waals surface area contributed by atoms with Crippen molar-refractivity contribution in [2.75, 3.05) is 19.6 Å². The number of rotatable bonds is 3. The molecule has 1 amide bonds. The van der Waals surface area contributed by atoms with Crippen LogP contribution < -0.4 is 5.32 Å². The van der Waals surface area contributed by atoms with E-state index >= 15 is 0 Å². The number of hydrogen-bond acceptors (Lipinski definition) is 2. The summed E-state index contributed by atoms with van der Waals surface area (Å²) >= 11 is 0. The molecule has 1 saturated heterocycles. The van der Waals surface area contributed by atoms with Crippen LogP contribution in [0.4, 0.5) is 4.79 Å². The van der Waals surface area contributed by atoms with Gasteiger partial charge < -0.3 is 15.3 Å². The standard InChI is InChI=1S/C13H22N2O2/c1-5-6-15(11(16)17)10-9-7-14-8-13(9,10)12(2,3)4/h5,9-10,14H,1,6-8H2,2-4H3,(H,16,17). The predicted octanol–water partition coefficient (Wildman–Crippen LogP) is 1.79. The minimum atomic E-state index is -0.826. The highest BCUT2D eigenvalue weighted by molar-refractivity contribution is 5.67. The first kappa shape index (κ1) is 12.4. The summed E-state index contributed by atoms with van der Waals surface area (Å²) in [6.45, 7) is 12.6. The molecule has 0 radical (unpaired) electrons. The van der Waals surface area contributed by atoms with Gasteiger partial charge in [0, 0.05) is 37.0 Å². The van der Waals surface area contributed by atoms with Crippen LogP contribution in [0, 0.1) is 16.7 Å². The third-order valence-electron chi connectivity index (χ3n) is 4.55. The molecule has 17 heavy (non-hydrogen) atoms. The van der Waals surface area contributed by atoms with Gasteiger partial charge in [0.25, 0.3) is 0 Å². The number of amides is 1. The van der Waals surface area contributed by atoms with Crippen LogP contribution in [0.1, 0.15) is 20.8 Å². The Kier molecular flexibility index (Phi) is 2.73. The van der Waals surface area contributed by atoms with Gasteiger partial charge in [-0.1, -0.05) is 26.8 Å². The molecule has 0 bridgehead atoms. The van der Waals surface area contributed by atoms with Crippen LogP contribution in [0.3, 0.4) is 0 Å². The van der Waals surface area contributed by atoms with E-state index in [0.29, 0.717) is 12.5 Å². The van der Waals surface area contributed by atoms with E-state index in [2.05, 4.69) is 32.7 Å². The average molecular weight is 238 g/mol. The Hall–Kier alpha value is -1.03. The van der Waals surface area contributed by atoms with Gasteiger partial charge >= 0.3 is 6.09 Å². The lowest BCUT2D eigenvalue weighted by Crippen LogP contribution is -2.43. The SMILES string of the molecule is C=CCN(C(=O)O)C1C2CNCC21C(C)(C)C. The minimum Gasteiger partial charge on any atom is -0.465 e. The van der Waals surface area contributed by atoms with Gasteiger partial charge in [0.1, 0.15) is 0 Å². The van der Waals surface area contributed by atoms with Crippen molar-refractivity contribution in [2.45, 2.75) is 26.8 Å². The maximum Gasteiger partial charge on any atom is 0.407 e. The quantitative estimate of drug-likeness (QED) is 0.737. The lowest BCUT2D eigenvalue weighted by Gasteiger charge is -2.33. The molecule has 0 spiro atoms. The average Bonchev–Trinajstić information content (AvgIpc) is 2.66. The van der Waals surface area contributed by atoms with E-state index in [1.54, 1.807) is 11.0 Å². The fourth-order valence-corrected chi connectivity index (χ4v) is 3.67. The van der Waals surface area contributed by atoms with Crippen LogP contribution in [0.5, 0.6) is 0 Å². The second-order valence-electron chi connectivity index (χ2n) is 6.20. The number of fused-ring (bicyclic) bond motifs is 1. The monoisotopic (exact) mass is 238 g/mol. The molecule has 1 aliphatic carbocycles. The van der Waals surface area contributed by atoms with Crippen molar-refractivity contribution < 1.29 is 9.90 Å². The van der Waals surface area contributed by atoms with E-state index in [-0.39, 0.29) is 16.9 Å². The topological polar surface area (TPSA) is 52.6 Å². The van der Waals surface area contributed by atoms with Gasteiger partial charge in [-0.15, -0.1) is 6.58 Å². The van der Waals surface area contributed by atoms with E-state index < -0.39 is 6.09 Å². The molecule has 0 aromatic heterocycles. The highest BCUT2D eigenvalue weighted by Gasteiger charge is 2.74. The van der Waals surface area contributed by atoms with Crippen LogP contribution in [0.2, 0.25) is 0 Å². The number of nitrogens with zero attached hydrogens (tertiary/aromatic N) is 1.